The molecule has 0 aliphatic heterocycles. The number of pyridine rings is 1. The molecule has 1 fully saturated rings. The Hall–Kier alpha value is -4.48. The molecule has 0 spiro atoms. The summed E-state index contributed by atoms with van der Waals surface area (Å²) in [5.74, 6) is 0.307. The Morgan fingerprint density at radius 2 is 1.80 bits per heavy atom. The zero-order valence-corrected chi connectivity index (χ0v) is 25.8. The number of fused-ring (bicyclic) bond motifs is 1. The molecule has 1 saturated carbocycles. The third-order valence-corrected chi connectivity index (χ3v) is 9.41. The highest BCUT2D eigenvalue weighted by molar-refractivity contribution is 7.90. The average Bonchev–Trinajstić information content (AvgIpc) is 3.46. The van der Waals surface area contributed by atoms with Crippen LogP contribution in [-0.2, 0) is 14.8 Å². The molecule has 10 nitrogen and oxygen atoms in total. The number of anilines is 1. The fourth-order valence-corrected chi connectivity index (χ4v) is 6.88. The van der Waals surface area contributed by atoms with E-state index in [4.69, 9.17) is 5.73 Å². The first-order chi connectivity index (χ1) is 21.3. The van der Waals surface area contributed by atoms with E-state index in [1.165, 1.54) is 10.2 Å². The summed E-state index contributed by atoms with van der Waals surface area (Å²) >= 11 is 0. The van der Waals surface area contributed by atoms with Crippen LogP contribution in [-0.4, -0.2) is 48.2 Å². The molecule has 1 amide bonds. The lowest BCUT2D eigenvalue weighted by atomic mass is 9.85. The Morgan fingerprint density at radius 3 is 2.52 bits per heavy atom. The molecule has 4 aromatic rings. The summed E-state index contributed by atoms with van der Waals surface area (Å²) in [7, 11) is -3.79. The van der Waals surface area contributed by atoms with Crippen molar-refractivity contribution in [2.75, 3.05) is 18.4 Å². The zero-order chi connectivity index (χ0) is 31.1. The molecule has 0 atom stereocenters. The van der Waals surface area contributed by atoms with Crippen LogP contribution in [0.25, 0.3) is 16.7 Å². The molecule has 11 heteroatoms. The van der Waals surface area contributed by atoms with Gasteiger partial charge in [0.05, 0.1) is 10.6 Å². The van der Waals surface area contributed by atoms with Crippen molar-refractivity contribution in [1.82, 2.24) is 19.6 Å². The van der Waals surface area contributed by atoms with E-state index in [1.807, 2.05) is 31.2 Å². The van der Waals surface area contributed by atoms with Gasteiger partial charge >= 0.3 is 0 Å². The standard InChI is InChI=1S/C33H39N7O3S/c1-3-35-26-15-13-23(14-16-26)33(41)39-28-10-8-9-27(20-28)38-31(34)21-30(36-4-2)25-19-24-17-18-40(32(24)37-22-25)44(42,43)29-11-6-5-7-12-29/h5-12,17-23,26,35-36H,3-4,13-16H2,1-2H3,(H2,34,38)(H,39,41). The van der Waals surface area contributed by atoms with Crippen molar-refractivity contribution in [3.63, 3.8) is 0 Å². The number of amides is 1. The van der Waals surface area contributed by atoms with Gasteiger partial charge in [0.1, 0.15) is 5.84 Å². The number of carbonyl (C=O) groups is 1. The minimum Gasteiger partial charge on any atom is -0.385 e. The van der Waals surface area contributed by atoms with Gasteiger partial charge in [0.25, 0.3) is 10.0 Å². The van der Waals surface area contributed by atoms with Crippen LogP contribution in [0.5, 0.6) is 0 Å². The minimum absolute atomic E-state index is 0.00837. The average molecular weight is 614 g/mol. The number of aliphatic imine (C=N–C) groups is 1. The van der Waals surface area contributed by atoms with Crippen molar-refractivity contribution in [3.8, 4) is 0 Å². The van der Waals surface area contributed by atoms with Crippen molar-refractivity contribution in [2.45, 2.75) is 50.5 Å². The predicted octanol–water partition coefficient (Wildman–Crippen LogP) is 5.02. The second kappa shape index (κ2) is 13.9. The number of nitrogens with zero attached hydrogens (tertiary/aromatic N) is 3. The Morgan fingerprint density at radius 1 is 1.02 bits per heavy atom. The molecule has 1 aliphatic carbocycles. The highest BCUT2D eigenvalue weighted by atomic mass is 32.2. The first-order valence-corrected chi connectivity index (χ1v) is 16.4. The lowest BCUT2D eigenvalue weighted by molar-refractivity contribution is -0.120. The number of aromatic nitrogens is 2. The van der Waals surface area contributed by atoms with E-state index in [1.54, 1.807) is 54.7 Å². The van der Waals surface area contributed by atoms with E-state index in [9.17, 15) is 13.2 Å². The van der Waals surface area contributed by atoms with Gasteiger partial charge in [0.15, 0.2) is 5.65 Å². The maximum absolute atomic E-state index is 13.2. The number of benzene rings is 2. The molecule has 0 bridgehead atoms. The fraction of sp³-hybridized carbons (Fsp3) is 0.303. The van der Waals surface area contributed by atoms with Gasteiger partial charge in [0.2, 0.25) is 5.91 Å². The van der Waals surface area contributed by atoms with Gasteiger partial charge in [-0.1, -0.05) is 31.2 Å². The quantitative estimate of drug-likeness (QED) is 0.137. The summed E-state index contributed by atoms with van der Waals surface area (Å²) < 4.78 is 27.6. The van der Waals surface area contributed by atoms with Crippen LogP contribution in [0.1, 0.15) is 45.1 Å². The Kier molecular flexibility index (Phi) is 9.76. The van der Waals surface area contributed by atoms with Crippen LogP contribution in [0.4, 0.5) is 11.4 Å². The summed E-state index contributed by atoms with van der Waals surface area (Å²) in [6.45, 7) is 5.65. The number of hydrogen-bond donors (Lipinski definition) is 4. The molecular formula is C33H39N7O3S. The molecule has 2 aromatic heterocycles. The lowest BCUT2D eigenvalue weighted by Gasteiger charge is -2.28. The molecule has 5 rings (SSSR count). The molecule has 230 valence electrons. The molecule has 0 unspecified atom stereocenters. The fourth-order valence-electron chi connectivity index (χ4n) is 5.55. The SMILES string of the molecule is CCNC(=CC(N)=Nc1cccc(NC(=O)C2CCC(NCC)CC2)c1)c1cnc2c(ccn2S(=O)(=O)c2ccccc2)c1. The molecule has 0 radical (unpaired) electrons. The van der Waals surface area contributed by atoms with E-state index >= 15 is 0 Å². The van der Waals surface area contributed by atoms with Crippen molar-refractivity contribution in [2.24, 2.45) is 16.6 Å². The Balaban J connectivity index is 1.32. The van der Waals surface area contributed by atoms with E-state index in [0.717, 1.165) is 37.8 Å². The number of carbonyl (C=O) groups excluding carboxylic acids is 1. The normalized spacial score (nSPS) is 17.9. The maximum atomic E-state index is 13.2. The molecule has 1 aliphatic rings. The van der Waals surface area contributed by atoms with Gasteiger partial charge in [0, 0.05) is 59.3 Å². The number of rotatable bonds is 11. The van der Waals surface area contributed by atoms with Gasteiger partial charge in [-0.25, -0.2) is 22.4 Å². The van der Waals surface area contributed by atoms with Gasteiger partial charge in [-0.15, -0.1) is 0 Å². The molecular weight excluding hydrogens is 574 g/mol. The Labute approximate surface area is 258 Å². The lowest BCUT2D eigenvalue weighted by Crippen LogP contribution is -2.36. The summed E-state index contributed by atoms with van der Waals surface area (Å²) in [6, 6.07) is 19.7. The van der Waals surface area contributed by atoms with E-state index in [-0.39, 0.29) is 22.6 Å². The second-order valence-corrected chi connectivity index (χ2v) is 12.7. The topological polar surface area (TPSA) is 143 Å². The number of hydrogen-bond acceptors (Lipinski definition) is 7. The van der Waals surface area contributed by atoms with Gasteiger partial charge in [-0.2, -0.15) is 0 Å². The van der Waals surface area contributed by atoms with Gasteiger partial charge in [-0.3, -0.25) is 4.79 Å². The number of amidine groups is 1. The summed E-state index contributed by atoms with van der Waals surface area (Å²) in [6.07, 6.45) is 8.61. The highest BCUT2D eigenvalue weighted by Crippen LogP contribution is 2.27. The van der Waals surface area contributed by atoms with E-state index < -0.39 is 10.0 Å². The van der Waals surface area contributed by atoms with Crippen LogP contribution in [0.2, 0.25) is 0 Å². The number of nitrogens with one attached hydrogen (secondary N) is 3. The summed E-state index contributed by atoms with van der Waals surface area (Å²) in [5, 5.41) is 10.5. The van der Waals surface area contributed by atoms with E-state index in [2.05, 4.69) is 32.9 Å². The largest absolute Gasteiger partial charge is 0.385 e. The second-order valence-electron chi connectivity index (χ2n) is 10.8. The first kappa shape index (κ1) is 31.0. The summed E-state index contributed by atoms with van der Waals surface area (Å²) in [5.41, 5.74) is 9.41. The zero-order valence-electron chi connectivity index (χ0n) is 25.0. The van der Waals surface area contributed by atoms with Crippen molar-refractivity contribution >= 4 is 49.9 Å². The van der Waals surface area contributed by atoms with Crippen LogP contribution < -0.4 is 21.7 Å². The smallest absolute Gasteiger partial charge is 0.269 e. The minimum atomic E-state index is -3.79. The van der Waals surface area contributed by atoms with Crippen LogP contribution in [0.15, 0.2) is 95.1 Å². The van der Waals surface area contributed by atoms with Crippen molar-refractivity contribution < 1.29 is 13.2 Å². The summed E-state index contributed by atoms with van der Waals surface area (Å²) in [4.78, 5) is 22.2. The van der Waals surface area contributed by atoms with Crippen molar-refractivity contribution in [3.05, 3.63) is 90.8 Å². The maximum Gasteiger partial charge on any atom is 0.269 e. The number of nitrogens with two attached hydrogens (primary N) is 1. The van der Waals surface area contributed by atoms with E-state index in [0.29, 0.717) is 40.7 Å². The predicted molar refractivity (Wildman–Crippen MR) is 176 cm³/mol. The first-order valence-electron chi connectivity index (χ1n) is 15.0. The Bertz CT molecular complexity index is 1770. The van der Waals surface area contributed by atoms with Crippen molar-refractivity contribution in [1.29, 1.82) is 0 Å². The molecule has 2 aromatic carbocycles. The third-order valence-electron chi connectivity index (χ3n) is 7.73. The third kappa shape index (κ3) is 7.17. The monoisotopic (exact) mass is 613 g/mol. The van der Waals surface area contributed by atoms with Crippen LogP contribution >= 0.6 is 0 Å². The molecule has 5 N–H and O–H groups in total. The molecule has 2 heterocycles. The van der Waals surface area contributed by atoms with Crippen LogP contribution in [0.3, 0.4) is 0 Å². The van der Waals surface area contributed by atoms with Gasteiger partial charge < -0.3 is 21.7 Å². The highest BCUT2D eigenvalue weighted by Gasteiger charge is 2.26. The van der Waals surface area contributed by atoms with Gasteiger partial charge in [-0.05, 0) is 81.6 Å². The van der Waals surface area contributed by atoms with Crippen LogP contribution in [0, 0.1) is 5.92 Å². The molecule has 0 saturated heterocycles. The molecule has 44 heavy (non-hydrogen) atoms.